The molecule has 3 aromatic rings. The number of nitrogens with one attached hydrogen (secondary N) is 1. The van der Waals surface area contributed by atoms with Gasteiger partial charge in [0.15, 0.2) is 0 Å². The zero-order valence-corrected chi connectivity index (χ0v) is 21.8. The Morgan fingerprint density at radius 2 is 1.73 bits per heavy atom. The molecular weight excluding hydrogens is 458 g/mol. The molecule has 0 radical (unpaired) electrons. The van der Waals surface area contributed by atoms with E-state index in [1.165, 1.54) is 0 Å². The number of aromatic nitrogens is 3. The minimum atomic E-state index is -3.83. The second-order valence-electron chi connectivity index (χ2n) is 9.77. The van der Waals surface area contributed by atoms with E-state index < -0.39 is 10.0 Å². The zero-order valence-electron chi connectivity index (χ0n) is 20.2. The Bertz CT molecular complexity index is 1230. The minimum Gasteiger partial charge on any atom is -0.303 e. The molecule has 7 nitrogen and oxygen atoms in total. The maximum Gasteiger partial charge on any atom is 0.261 e. The van der Waals surface area contributed by atoms with Gasteiger partial charge in [0.25, 0.3) is 10.0 Å². The predicted molar refractivity (Wildman–Crippen MR) is 134 cm³/mol. The minimum absolute atomic E-state index is 0.0658. The van der Waals surface area contributed by atoms with E-state index in [2.05, 4.69) is 49.7 Å². The Labute approximate surface area is 201 Å². The van der Waals surface area contributed by atoms with Crippen molar-refractivity contribution in [2.45, 2.75) is 57.4 Å². The summed E-state index contributed by atoms with van der Waals surface area (Å²) in [5.41, 5.74) is 3.64. The molecule has 0 aliphatic heterocycles. The van der Waals surface area contributed by atoms with Gasteiger partial charge in [-0.25, -0.2) is 13.1 Å². The van der Waals surface area contributed by atoms with Crippen molar-refractivity contribution in [1.29, 1.82) is 0 Å². The van der Waals surface area contributed by atoms with E-state index in [1.807, 2.05) is 31.1 Å². The van der Waals surface area contributed by atoms with Crippen molar-refractivity contribution in [1.82, 2.24) is 19.9 Å². The molecule has 1 heterocycles. The smallest absolute Gasteiger partial charge is 0.261 e. The lowest BCUT2D eigenvalue weighted by Gasteiger charge is -2.20. The molecule has 2 aromatic carbocycles. The average molecular weight is 490 g/mol. The molecular formula is C24H32ClN5O2S. The van der Waals surface area contributed by atoms with Crippen LogP contribution < -0.4 is 4.72 Å². The Kier molecular flexibility index (Phi) is 7.21. The molecule has 1 N–H and O–H groups in total. The molecule has 0 saturated carbocycles. The fourth-order valence-corrected chi connectivity index (χ4v) is 4.83. The van der Waals surface area contributed by atoms with Crippen LogP contribution in [0.15, 0.2) is 47.4 Å². The highest BCUT2D eigenvalue weighted by molar-refractivity contribution is 7.92. The summed E-state index contributed by atoms with van der Waals surface area (Å²) < 4.78 is 30.8. The summed E-state index contributed by atoms with van der Waals surface area (Å²) in [4.78, 5) is 2.20. The SMILES string of the molecule is CC(C)c1c(CN(C)C)nnn1-c1cc(Cl)ccc1NS(=O)(=O)c1ccc(C(C)(C)C)cc1. The Morgan fingerprint density at radius 1 is 1.09 bits per heavy atom. The van der Waals surface area contributed by atoms with Crippen LogP contribution in [0.25, 0.3) is 5.69 Å². The van der Waals surface area contributed by atoms with E-state index in [1.54, 1.807) is 35.0 Å². The fraction of sp³-hybridized carbons (Fsp3) is 0.417. The van der Waals surface area contributed by atoms with Crippen molar-refractivity contribution in [3.63, 3.8) is 0 Å². The summed E-state index contributed by atoms with van der Waals surface area (Å²) in [7, 11) is 0.104. The summed E-state index contributed by atoms with van der Waals surface area (Å²) in [5.74, 6) is 0.114. The lowest BCUT2D eigenvalue weighted by atomic mass is 9.87. The van der Waals surface area contributed by atoms with Crippen molar-refractivity contribution >= 4 is 27.3 Å². The second-order valence-corrected chi connectivity index (χ2v) is 11.9. The average Bonchev–Trinajstić information content (AvgIpc) is 3.11. The highest BCUT2D eigenvalue weighted by atomic mass is 35.5. The molecule has 0 saturated heterocycles. The largest absolute Gasteiger partial charge is 0.303 e. The predicted octanol–water partition coefficient (Wildman–Crippen LogP) is 5.20. The van der Waals surface area contributed by atoms with Gasteiger partial charge >= 0.3 is 0 Å². The Morgan fingerprint density at radius 3 is 2.27 bits per heavy atom. The van der Waals surface area contributed by atoms with Gasteiger partial charge in [-0.2, -0.15) is 0 Å². The quantitative estimate of drug-likeness (QED) is 0.493. The van der Waals surface area contributed by atoms with Crippen LogP contribution in [0, 0.1) is 0 Å². The number of anilines is 1. The van der Waals surface area contributed by atoms with Crippen molar-refractivity contribution in [3.8, 4) is 5.69 Å². The number of nitrogens with zero attached hydrogens (tertiary/aromatic N) is 4. The van der Waals surface area contributed by atoms with E-state index in [0.29, 0.717) is 22.9 Å². The first-order valence-corrected chi connectivity index (χ1v) is 12.7. The first kappa shape index (κ1) is 25.2. The summed E-state index contributed by atoms with van der Waals surface area (Å²) >= 11 is 6.29. The molecule has 0 bridgehead atoms. The van der Waals surface area contributed by atoms with Gasteiger partial charge < -0.3 is 4.90 Å². The third-order valence-electron chi connectivity index (χ3n) is 5.25. The van der Waals surface area contributed by atoms with E-state index in [4.69, 9.17) is 11.6 Å². The van der Waals surface area contributed by atoms with Crippen LogP contribution in [-0.4, -0.2) is 42.4 Å². The highest BCUT2D eigenvalue weighted by Gasteiger charge is 2.23. The van der Waals surface area contributed by atoms with Crippen LogP contribution in [0.5, 0.6) is 0 Å². The lowest BCUT2D eigenvalue weighted by molar-refractivity contribution is 0.394. The van der Waals surface area contributed by atoms with Gasteiger partial charge in [-0.05, 0) is 61.3 Å². The van der Waals surface area contributed by atoms with Gasteiger partial charge in [0, 0.05) is 11.6 Å². The number of hydrogen-bond donors (Lipinski definition) is 1. The van der Waals surface area contributed by atoms with Crippen molar-refractivity contribution in [2.24, 2.45) is 0 Å². The molecule has 0 aliphatic rings. The molecule has 1 aromatic heterocycles. The maximum absolute atomic E-state index is 13.2. The second kappa shape index (κ2) is 9.44. The number of rotatable bonds is 7. The summed E-state index contributed by atoms with van der Waals surface area (Å²) in [5, 5.41) is 9.19. The zero-order chi connectivity index (χ0) is 24.6. The van der Waals surface area contributed by atoms with E-state index in [0.717, 1.165) is 17.0 Å². The van der Waals surface area contributed by atoms with Crippen molar-refractivity contribution in [3.05, 3.63) is 64.4 Å². The van der Waals surface area contributed by atoms with Crippen LogP contribution in [0.1, 0.15) is 57.5 Å². The van der Waals surface area contributed by atoms with Gasteiger partial charge in [-0.1, -0.05) is 63.6 Å². The number of benzene rings is 2. The van der Waals surface area contributed by atoms with E-state index in [-0.39, 0.29) is 16.2 Å². The van der Waals surface area contributed by atoms with Crippen LogP contribution in [0.4, 0.5) is 5.69 Å². The van der Waals surface area contributed by atoms with Gasteiger partial charge in [-0.15, -0.1) is 5.10 Å². The third-order valence-corrected chi connectivity index (χ3v) is 6.87. The topological polar surface area (TPSA) is 80.1 Å². The van der Waals surface area contributed by atoms with E-state index in [9.17, 15) is 8.42 Å². The molecule has 0 spiro atoms. The van der Waals surface area contributed by atoms with Crippen LogP contribution in [-0.2, 0) is 22.0 Å². The van der Waals surface area contributed by atoms with E-state index >= 15 is 0 Å². The van der Waals surface area contributed by atoms with Crippen LogP contribution >= 0.6 is 11.6 Å². The first-order chi connectivity index (χ1) is 15.3. The number of halogens is 1. The molecule has 9 heteroatoms. The summed E-state index contributed by atoms with van der Waals surface area (Å²) in [6.45, 7) is 11.0. The molecule has 0 atom stereocenters. The number of hydrogen-bond acceptors (Lipinski definition) is 5. The standard InChI is InChI=1S/C24H32ClN5O2S/c1-16(2)23-21(15-29(6)7)26-28-30(23)22-14-18(25)10-13-20(22)27-33(31,32)19-11-8-17(9-12-19)24(3,4)5/h8-14,16,27H,15H2,1-7H3. The molecule has 3 rings (SSSR count). The third kappa shape index (κ3) is 5.75. The highest BCUT2D eigenvalue weighted by Crippen LogP contribution is 2.31. The summed E-state index contributed by atoms with van der Waals surface area (Å²) in [6, 6.07) is 11.9. The monoisotopic (exact) mass is 489 g/mol. The molecule has 0 unspecified atom stereocenters. The molecule has 0 fully saturated rings. The Balaban J connectivity index is 2.05. The maximum atomic E-state index is 13.2. The van der Waals surface area contributed by atoms with Gasteiger partial charge in [0.05, 0.1) is 22.0 Å². The first-order valence-electron chi connectivity index (χ1n) is 10.8. The number of sulfonamides is 1. The Hall–Kier alpha value is -2.42. The normalized spacial score (nSPS) is 12.5. The van der Waals surface area contributed by atoms with Gasteiger partial charge in [0.2, 0.25) is 0 Å². The molecule has 33 heavy (non-hydrogen) atoms. The van der Waals surface area contributed by atoms with Gasteiger partial charge in [-0.3, -0.25) is 4.72 Å². The molecule has 0 amide bonds. The van der Waals surface area contributed by atoms with Crippen molar-refractivity contribution in [2.75, 3.05) is 18.8 Å². The van der Waals surface area contributed by atoms with Gasteiger partial charge in [0.1, 0.15) is 5.69 Å². The van der Waals surface area contributed by atoms with Crippen molar-refractivity contribution < 1.29 is 8.42 Å². The fourth-order valence-electron chi connectivity index (χ4n) is 3.59. The van der Waals surface area contributed by atoms with Crippen LogP contribution in [0.2, 0.25) is 5.02 Å². The summed E-state index contributed by atoms with van der Waals surface area (Å²) in [6.07, 6.45) is 0. The molecule has 0 aliphatic carbocycles. The van der Waals surface area contributed by atoms with Crippen LogP contribution in [0.3, 0.4) is 0 Å². The lowest BCUT2D eigenvalue weighted by Crippen LogP contribution is -2.17. The molecule has 178 valence electrons.